The Balaban J connectivity index is 1.64. The third kappa shape index (κ3) is 3.08. The van der Waals surface area contributed by atoms with E-state index in [1.807, 2.05) is 48.3 Å². The highest BCUT2D eigenvalue weighted by Crippen LogP contribution is 2.49. The molecule has 6 heteroatoms. The number of hydrogen-bond acceptors (Lipinski definition) is 4. The van der Waals surface area contributed by atoms with E-state index < -0.39 is 0 Å². The number of amidine groups is 1. The van der Waals surface area contributed by atoms with Crippen LogP contribution in [0, 0.1) is 13.8 Å². The normalized spacial score (nSPS) is 23.4. The van der Waals surface area contributed by atoms with Crippen molar-refractivity contribution < 1.29 is 0 Å². The zero-order valence-corrected chi connectivity index (χ0v) is 18.3. The van der Waals surface area contributed by atoms with Crippen LogP contribution in [0.15, 0.2) is 59.7 Å². The Morgan fingerprint density at radius 3 is 2.66 bits per heavy atom. The number of aromatic nitrogens is 2. The number of aryl methyl sites for hydroxylation is 1. The summed E-state index contributed by atoms with van der Waals surface area (Å²) in [6, 6.07) is 16.6. The van der Waals surface area contributed by atoms with Crippen molar-refractivity contribution in [3.63, 3.8) is 0 Å². The van der Waals surface area contributed by atoms with Crippen molar-refractivity contribution in [3.05, 3.63) is 82.4 Å². The summed E-state index contributed by atoms with van der Waals surface area (Å²) in [6.45, 7) is 7.61. The molecule has 0 N–H and O–H groups in total. The molecule has 0 unspecified atom stereocenters. The van der Waals surface area contributed by atoms with Crippen LogP contribution in [0.3, 0.4) is 0 Å². The number of thioether (sulfide) groups is 1. The molecule has 4 heterocycles. The fourth-order valence-electron chi connectivity index (χ4n) is 4.54. The summed E-state index contributed by atoms with van der Waals surface area (Å²) in [4.78, 5) is 12.2. The topological polar surface area (TPSA) is 33.4 Å². The minimum Gasteiger partial charge on any atom is -0.341 e. The first kappa shape index (κ1) is 18.8. The molecule has 1 saturated heterocycles. The Kier molecular flexibility index (Phi) is 4.67. The number of para-hydroxylation sites is 1. The molecule has 0 radical (unpaired) electrons. The molecule has 2 aliphatic rings. The Hall–Kier alpha value is -2.24. The number of halogens is 1. The van der Waals surface area contributed by atoms with Crippen LogP contribution < -0.4 is 0 Å². The van der Waals surface area contributed by atoms with Crippen LogP contribution in [-0.4, -0.2) is 31.4 Å². The van der Waals surface area contributed by atoms with Crippen molar-refractivity contribution in [2.24, 2.45) is 4.99 Å². The Morgan fingerprint density at radius 2 is 1.90 bits per heavy atom. The smallest absolute Gasteiger partial charge is 0.160 e. The lowest BCUT2D eigenvalue weighted by Gasteiger charge is -2.27. The number of rotatable bonds is 3. The van der Waals surface area contributed by atoms with Gasteiger partial charge in [-0.1, -0.05) is 48.5 Å². The van der Waals surface area contributed by atoms with Gasteiger partial charge < -0.3 is 9.47 Å². The summed E-state index contributed by atoms with van der Waals surface area (Å²) in [5, 5.41) is 2.45. The van der Waals surface area contributed by atoms with Gasteiger partial charge in [-0.3, -0.25) is 9.98 Å². The maximum atomic E-state index is 6.54. The number of nitrogens with zero attached hydrogens (tertiary/aromatic N) is 4. The molecule has 2 aliphatic heterocycles. The molecule has 5 rings (SSSR count). The van der Waals surface area contributed by atoms with Gasteiger partial charge in [-0.2, -0.15) is 0 Å². The maximum Gasteiger partial charge on any atom is 0.160 e. The van der Waals surface area contributed by atoms with Gasteiger partial charge in [0.15, 0.2) is 5.17 Å². The van der Waals surface area contributed by atoms with Gasteiger partial charge in [0, 0.05) is 29.4 Å². The molecule has 3 atom stereocenters. The lowest BCUT2D eigenvalue weighted by atomic mass is 9.96. The predicted octanol–water partition coefficient (Wildman–Crippen LogP) is 5.73. The molecule has 4 nitrogen and oxygen atoms in total. The van der Waals surface area contributed by atoms with Gasteiger partial charge in [0.05, 0.1) is 22.4 Å². The first-order chi connectivity index (χ1) is 14.0. The van der Waals surface area contributed by atoms with Gasteiger partial charge in [-0.25, -0.2) is 0 Å². The Morgan fingerprint density at radius 1 is 1.10 bits per heavy atom. The zero-order chi connectivity index (χ0) is 20.1. The van der Waals surface area contributed by atoms with E-state index >= 15 is 0 Å². The van der Waals surface area contributed by atoms with E-state index in [2.05, 4.69) is 53.4 Å². The van der Waals surface area contributed by atoms with E-state index in [9.17, 15) is 0 Å². The average Bonchev–Trinajstić information content (AvgIpc) is 3.33. The molecule has 0 spiro atoms. The van der Waals surface area contributed by atoms with E-state index in [4.69, 9.17) is 16.6 Å². The highest BCUT2D eigenvalue weighted by Gasteiger charge is 2.44. The van der Waals surface area contributed by atoms with E-state index in [0.717, 1.165) is 28.1 Å². The van der Waals surface area contributed by atoms with E-state index in [-0.39, 0.29) is 12.1 Å². The fraction of sp³-hybridized carbons (Fsp3) is 0.304. The minimum atomic E-state index is 0.00592. The Bertz CT molecular complexity index is 1090. The molecule has 0 bridgehead atoms. The molecule has 2 aromatic heterocycles. The summed E-state index contributed by atoms with van der Waals surface area (Å²) in [5.41, 5.74) is 5.73. The number of fused-ring (bicyclic) bond motifs is 1. The molecule has 0 amide bonds. The Labute approximate surface area is 180 Å². The SMILES string of the molecule is Cc1cc([C@H]2[C@H](c3ccccn3)N=C3S[C@@H](C)CN32)c(C)n1-c1ccccc1Cl. The molecular weight excluding hydrogens is 400 g/mol. The van der Waals surface area contributed by atoms with Crippen LogP contribution in [-0.2, 0) is 0 Å². The lowest BCUT2D eigenvalue weighted by molar-refractivity contribution is 0.320. The molecule has 29 heavy (non-hydrogen) atoms. The van der Waals surface area contributed by atoms with Crippen molar-refractivity contribution in [3.8, 4) is 5.69 Å². The number of benzene rings is 1. The highest BCUT2D eigenvalue weighted by atomic mass is 35.5. The van der Waals surface area contributed by atoms with Gasteiger partial charge in [0.2, 0.25) is 0 Å². The van der Waals surface area contributed by atoms with Crippen molar-refractivity contribution in [2.75, 3.05) is 6.54 Å². The summed E-state index contributed by atoms with van der Waals surface area (Å²) in [5.74, 6) is 0. The second kappa shape index (κ2) is 7.22. The van der Waals surface area contributed by atoms with E-state index in [0.29, 0.717) is 5.25 Å². The lowest BCUT2D eigenvalue weighted by Crippen LogP contribution is -2.28. The highest BCUT2D eigenvalue weighted by molar-refractivity contribution is 8.14. The van der Waals surface area contributed by atoms with Crippen LogP contribution >= 0.6 is 23.4 Å². The molecule has 1 aromatic carbocycles. The number of aliphatic imine (C=N–C) groups is 1. The summed E-state index contributed by atoms with van der Waals surface area (Å²) in [7, 11) is 0. The molecule has 148 valence electrons. The monoisotopic (exact) mass is 422 g/mol. The average molecular weight is 423 g/mol. The van der Waals surface area contributed by atoms with Gasteiger partial charge >= 0.3 is 0 Å². The zero-order valence-electron chi connectivity index (χ0n) is 16.7. The number of hydrogen-bond donors (Lipinski definition) is 0. The summed E-state index contributed by atoms with van der Waals surface area (Å²) < 4.78 is 2.26. The molecule has 3 aromatic rings. The standard InChI is InChI=1S/C23H23ClN4S/c1-14-12-17(16(3)28(14)20-10-5-4-8-18(20)24)22-21(19-9-6-7-11-25-19)26-23-27(22)13-15(2)29-23/h4-12,15,21-22H,13H2,1-3H3/t15-,21-,22-/m0/s1. The first-order valence-corrected chi connectivity index (χ1v) is 11.2. The third-order valence-electron chi connectivity index (χ3n) is 5.76. The van der Waals surface area contributed by atoms with Crippen molar-refractivity contribution in [1.29, 1.82) is 0 Å². The second-order valence-electron chi connectivity index (χ2n) is 7.75. The molecule has 0 aliphatic carbocycles. The summed E-state index contributed by atoms with van der Waals surface area (Å²) >= 11 is 8.41. The van der Waals surface area contributed by atoms with Crippen LogP contribution in [0.4, 0.5) is 0 Å². The van der Waals surface area contributed by atoms with Crippen molar-refractivity contribution >= 4 is 28.5 Å². The number of pyridine rings is 1. The predicted molar refractivity (Wildman–Crippen MR) is 121 cm³/mol. The quantitative estimate of drug-likeness (QED) is 0.540. The molecule has 1 fully saturated rings. The molecular formula is C23H23ClN4S. The van der Waals surface area contributed by atoms with Crippen LogP contribution in [0.5, 0.6) is 0 Å². The minimum absolute atomic E-state index is 0.00592. The maximum absolute atomic E-state index is 6.54. The van der Waals surface area contributed by atoms with E-state index in [1.54, 1.807) is 0 Å². The van der Waals surface area contributed by atoms with Gasteiger partial charge in [0.25, 0.3) is 0 Å². The van der Waals surface area contributed by atoms with Gasteiger partial charge in [-0.15, -0.1) is 0 Å². The van der Waals surface area contributed by atoms with Crippen LogP contribution in [0.25, 0.3) is 5.69 Å². The third-order valence-corrected chi connectivity index (χ3v) is 7.19. The van der Waals surface area contributed by atoms with Crippen LogP contribution in [0.2, 0.25) is 5.02 Å². The van der Waals surface area contributed by atoms with E-state index in [1.165, 1.54) is 17.0 Å². The first-order valence-electron chi connectivity index (χ1n) is 9.90. The molecule has 0 saturated carbocycles. The fourth-order valence-corrected chi connectivity index (χ4v) is 5.86. The van der Waals surface area contributed by atoms with Crippen LogP contribution in [0.1, 0.15) is 41.7 Å². The van der Waals surface area contributed by atoms with Gasteiger partial charge in [-0.05, 0) is 49.7 Å². The second-order valence-corrected chi connectivity index (χ2v) is 9.56. The summed E-state index contributed by atoms with van der Waals surface area (Å²) in [6.07, 6.45) is 1.86. The largest absolute Gasteiger partial charge is 0.341 e. The van der Waals surface area contributed by atoms with Crippen molar-refractivity contribution in [1.82, 2.24) is 14.5 Å². The van der Waals surface area contributed by atoms with Gasteiger partial charge in [0.1, 0.15) is 6.04 Å². The van der Waals surface area contributed by atoms with Crippen molar-refractivity contribution in [2.45, 2.75) is 38.1 Å².